The molecule has 1 fully saturated rings. The Labute approximate surface area is 129 Å². The van der Waals surface area contributed by atoms with Gasteiger partial charge in [0.05, 0.1) is 27.4 Å². The molecule has 0 atom stereocenters. The Morgan fingerprint density at radius 3 is 2.64 bits per heavy atom. The summed E-state index contributed by atoms with van der Waals surface area (Å²) in [6.07, 6.45) is 1.53. The molecule has 6 nitrogen and oxygen atoms in total. The first kappa shape index (κ1) is 15.9. The maximum Gasteiger partial charge on any atom is 0.264 e. The average molecular weight is 302 g/mol. The molecule has 1 aromatic carbocycles. The van der Waals surface area contributed by atoms with Gasteiger partial charge in [0.25, 0.3) is 5.91 Å². The van der Waals surface area contributed by atoms with Gasteiger partial charge in [-0.25, -0.2) is 0 Å². The number of ether oxygens (including phenoxy) is 3. The Balaban J connectivity index is 2.31. The molecule has 0 aliphatic carbocycles. The molecule has 1 aliphatic rings. The normalized spacial score (nSPS) is 15.1. The minimum Gasteiger partial charge on any atom is -0.497 e. The third-order valence-corrected chi connectivity index (χ3v) is 3.39. The number of morpholine rings is 1. The van der Waals surface area contributed by atoms with Crippen molar-refractivity contribution in [1.29, 1.82) is 5.26 Å². The van der Waals surface area contributed by atoms with Crippen LogP contribution in [-0.4, -0.2) is 51.3 Å². The zero-order chi connectivity index (χ0) is 15.9. The van der Waals surface area contributed by atoms with Crippen LogP contribution in [0.1, 0.15) is 5.56 Å². The largest absolute Gasteiger partial charge is 0.497 e. The first-order chi connectivity index (χ1) is 10.7. The summed E-state index contributed by atoms with van der Waals surface area (Å²) in [7, 11) is 3.09. The molecule has 1 heterocycles. The van der Waals surface area contributed by atoms with E-state index in [-0.39, 0.29) is 11.5 Å². The number of hydrogen-bond acceptors (Lipinski definition) is 5. The van der Waals surface area contributed by atoms with E-state index >= 15 is 0 Å². The van der Waals surface area contributed by atoms with Crippen LogP contribution in [0, 0.1) is 11.3 Å². The van der Waals surface area contributed by atoms with Gasteiger partial charge in [0.15, 0.2) is 0 Å². The van der Waals surface area contributed by atoms with E-state index in [1.54, 1.807) is 30.2 Å². The predicted octanol–water partition coefficient (Wildman–Crippen LogP) is 1.47. The van der Waals surface area contributed by atoms with Crippen molar-refractivity contribution in [2.75, 3.05) is 40.5 Å². The molecule has 0 saturated carbocycles. The second kappa shape index (κ2) is 7.48. The van der Waals surface area contributed by atoms with Crippen molar-refractivity contribution in [1.82, 2.24) is 4.90 Å². The predicted molar refractivity (Wildman–Crippen MR) is 80.5 cm³/mol. The molecule has 0 N–H and O–H groups in total. The van der Waals surface area contributed by atoms with E-state index in [9.17, 15) is 10.1 Å². The van der Waals surface area contributed by atoms with E-state index < -0.39 is 0 Å². The van der Waals surface area contributed by atoms with Crippen LogP contribution in [0.3, 0.4) is 0 Å². The first-order valence-electron chi connectivity index (χ1n) is 6.90. The van der Waals surface area contributed by atoms with E-state index in [0.717, 1.165) is 0 Å². The first-order valence-corrected chi connectivity index (χ1v) is 6.90. The number of hydrogen-bond donors (Lipinski definition) is 0. The number of nitriles is 1. The number of carbonyl (C=O) groups is 1. The molecule has 0 bridgehead atoms. The summed E-state index contributed by atoms with van der Waals surface area (Å²) in [5.74, 6) is 0.905. The second-order valence-corrected chi connectivity index (χ2v) is 4.68. The fourth-order valence-corrected chi connectivity index (χ4v) is 2.19. The molecular weight excluding hydrogens is 284 g/mol. The second-order valence-electron chi connectivity index (χ2n) is 4.68. The van der Waals surface area contributed by atoms with E-state index in [4.69, 9.17) is 14.2 Å². The molecule has 0 aromatic heterocycles. The minimum absolute atomic E-state index is 0.0634. The summed E-state index contributed by atoms with van der Waals surface area (Å²) in [6.45, 7) is 1.97. The Kier molecular flexibility index (Phi) is 5.39. The van der Waals surface area contributed by atoms with Crippen LogP contribution in [0.4, 0.5) is 0 Å². The number of benzene rings is 1. The highest BCUT2D eigenvalue weighted by Gasteiger charge is 2.21. The molecule has 1 saturated heterocycles. The average Bonchev–Trinajstić information content (AvgIpc) is 2.59. The zero-order valence-electron chi connectivity index (χ0n) is 12.7. The smallest absolute Gasteiger partial charge is 0.264 e. The highest BCUT2D eigenvalue weighted by atomic mass is 16.5. The molecular formula is C16H18N2O4. The molecule has 1 aliphatic heterocycles. The van der Waals surface area contributed by atoms with Crippen LogP contribution in [-0.2, 0) is 9.53 Å². The van der Waals surface area contributed by atoms with Gasteiger partial charge < -0.3 is 19.1 Å². The van der Waals surface area contributed by atoms with Crippen molar-refractivity contribution in [3.05, 3.63) is 29.3 Å². The fraction of sp³-hybridized carbons (Fsp3) is 0.375. The number of amides is 1. The van der Waals surface area contributed by atoms with Gasteiger partial charge in [-0.05, 0) is 24.3 Å². The Morgan fingerprint density at radius 2 is 2.05 bits per heavy atom. The third kappa shape index (κ3) is 3.57. The summed E-state index contributed by atoms with van der Waals surface area (Å²) in [5.41, 5.74) is 0.688. The lowest BCUT2D eigenvalue weighted by Crippen LogP contribution is -2.41. The summed E-state index contributed by atoms with van der Waals surface area (Å²) < 4.78 is 15.6. The summed E-state index contributed by atoms with van der Waals surface area (Å²) >= 11 is 0. The van der Waals surface area contributed by atoms with Gasteiger partial charge in [0.2, 0.25) is 0 Å². The molecule has 0 unspecified atom stereocenters. The maximum absolute atomic E-state index is 12.4. The van der Waals surface area contributed by atoms with Gasteiger partial charge in [-0.15, -0.1) is 0 Å². The zero-order valence-corrected chi connectivity index (χ0v) is 12.7. The topological polar surface area (TPSA) is 71.8 Å². The summed E-state index contributed by atoms with van der Waals surface area (Å²) in [4.78, 5) is 14.0. The highest BCUT2D eigenvalue weighted by Crippen LogP contribution is 2.26. The van der Waals surface area contributed by atoms with Crippen LogP contribution in [0.5, 0.6) is 11.5 Å². The number of carbonyl (C=O) groups excluding carboxylic acids is 1. The fourth-order valence-electron chi connectivity index (χ4n) is 2.19. The highest BCUT2D eigenvalue weighted by molar-refractivity contribution is 6.02. The molecule has 0 radical (unpaired) electrons. The Morgan fingerprint density at radius 1 is 1.32 bits per heavy atom. The molecule has 6 heteroatoms. The van der Waals surface area contributed by atoms with Crippen molar-refractivity contribution in [3.8, 4) is 17.6 Å². The summed E-state index contributed by atoms with van der Waals surface area (Å²) in [5, 5.41) is 9.31. The van der Waals surface area contributed by atoms with E-state index in [2.05, 4.69) is 0 Å². The lowest BCUT2D eigenvalue weighted by atomic mass is 10.1. The molecule has 2 rings (SSSR count). The lowest BCUT2D eigenvalue weighted by molar-refractivity contribution is -0.130. The quantitative estimate of drug-likeness (QED) is 0.622. The van der Waals surface area contributed by atoms with Crippen LogP contribution in [0.2, 0.25) is 0 Å². The minimum atomic E-state index is -0.296. The van der Waals surface area contributed by atoms with E-state index in [1.807, 2.05) is 6.07 Å². The van der Waals surface area contributed by atoms with Crippen molar-refractivity contribution in [2.45, 2.75) is 0 Å². The molecule has 1 aromatic rings. The lowest BCUT2D eigenvalue weighted by Gasteiger charge is -2.26. The number of rotatable bonds is 4. The van der Waals surface area contributed by atoms with Gasteiger partial charge in [0, 0.05) is 18.7 Å². The van der Waals surface area contributed by atoms with Crippen LogP contribution < -0.4 is 9.47 Å². The van der Waals surface area contributed by atoms with Gasteiger partial charge in [-0.3, -0.25) is 4.79 Å². The molecule has 116 valence electrons. The van der Waals surface area contributed by atoms with Crippen molar-refractivity contribution in [3.63, 3.8) is 0 Å². The molecule has 22 heavy (non-hydrogen) atoms. The van der Waals surface area contributed by atoms with Crippen molar-refractivity contribution in [2.24, 2.45) is 0 Å². The van der Waals surface area contributed by atoms with Crippen LogP contribution in [0.15, 0.2) is 23.8 Å². The molecule has 0 spiro atoms. The Hall–Kier alpha value is -2.52. The van der Waals surface area contributed by atoms with Crippen molar-refractivity contribution >= 4 is 12.0 Å². The van der Waals surface area contributed by atoms with Crippen LogP contribution in [0.25, 0.3) is 6.08 Å². The SMILES string of the molecule is COc1ccc(OC)c(C=C(C#N)C(=O)N2CCOCC2)c1. The van der Waals surface area contributed by atoms with Crippen LogP contribution >= 0.6 is 0 Å². The van der Waals surface area contributed by atoms with Crippen molar-refractivity contribution < 1.29 is 19.0 Å². The van der Waals surface area contributed by atoms with Gasteiger partial charge in [0.1, 0.15) is 23.1 Å². The maximum atomic E-state index is 12.4. The van der Waals surface area contributed by atoms with Gasteiger partial charge in [-0.1, -0.05) is 0 Å². The van der Waals surface area contributed by atoms with Gasteiger partial charge in [-0.2, -0.15) is 5.26 Å². The molecule has 1 amide bonds. The monoisotopic (exact) mass is 302 g/mol. The number of nitrogens with zero attached hydrogens (tertiary/aromatic N) is 2. The number of methoxy groups -OCH3 is 2. The standard InChI is InChI=1S/C16H18N2O4/c1-20-14-3-4-15(21-2)12(10-14)9-13(11-17)16(19)18-5-7-22-8-6-18/h3-4,9-10H,5-8H2,1-2H3. The van der Waals surface area contributed by atoms with E-state index in [1.165, 1.54) is 13.2 Å². The third-order valence-electron chi connectivity index (χ3n) is 3.39. The van der Waals surface area contributed by atoms with Gasteiger partial charge >= 0.3 is 0 Å². The Bertz CT molecular complexity index is 613. The summed E-state index contributed by atoms with van der Waals surface area (Å²) in [6, 6.07) is 7.19. The van der Waals surface area contributed by atoms with E-state index in [0.29, 0.717) is 43.4 Å².